The molecule has 0 spiro atoms. The van der Waals surface area contributed by atoms with E-state index in [1.807, 2.05) is 48.8 Å². The quantitative estimate of drug-likeness (QED) is 0.837. The second-order valence-corrected chi connectivity index (χ2v) is 5.46. The van der Waals surface area contributed by atoms with Crippen molar-refractivity contribution in [1.29, 1.82) is 0 Å². The number of carbonyl (C=O) groups excluding carboxylic acids is 1. The van der Waals surface area contributed by atoms with Crippen molar-refractivity contribution in [3.63, 3.8) is 0 Å². The Bertz CT molecular complexity index is 544. The van der Waals surface area contributed by atoms with Gasteiger partial charge in [0, 0.05) is 18.9 Å². The number of amides is 1. The summed E-state index contributed by atoms with van der Waals surface area (Å²) in [6.45, 7) is 4.38. The Morgan fingerprint density at radius 3 is 2.95 bits per heavy atom. The third-order valence-corrected chi connectivity index (χ3v) is 3.03. The Morgan fingerprint density at radius 2 is 2.25 bits per heavy atom. The fourth-order valence-corrected chi connectivity index (χ4v) is 2.16. The first-order valence-electron chi connectivity index (χ1n) is 6.92. The molecule has 0 aliphatic rings. The molecule has 1 atom stereocenters. The fraction of sp³-hybridized carbons (Fsp3) is 0.467. The molecular formula is C15H21N3O2. The van der Waals surface area contributed by atoms with E-state index in [2.05, 4.69) is 10.3 Å². The lowest BCUT2D eigenvalue weighted by atomic mass is 10.1. The smallest absolute Gasteiger partial charge is 0.226 e. The number of pyridine rings is 1. The minimum Gasteiger partial charge on any atom is -0.391 e. The Morgan fingerprint density at radius 1 is 1.45 bits per heavy atom. The molecule has 0 aliphatic carbocycles. The molecular weight excluding hydrogens is 254 g/mol. The van der Waals surface area contributed by atoms with Gasteiger partial charge in [-0.3, -0.25) is 4.79 Å². The van der Waals surface area contributed by atoms with Crippen LogP contribution in [-0.2, 0) is 11.2 Å². The number of aliphatic hydroxyl groups is 1. The van der Waals surface area contributed by atoms with Crippen LogP contribution in [0.5, 0.6) is 0 Å². The summed E-state index contributed by atoms with van der Waals surface area (Å²) in [5, 5.41) is 12.5. The number of aromatic nitrogens is 2. The summed E-state index contributed by atoms with van der Waals surface area (Å²) in [7, 11) is 0. The lowest BCUT2D eigenvalue weighted by Crippen LogP contribution is -2.33. The third kappa shape index (κ3) is 4.06. The van der Waals surface area contributed by atoms with Crippen molar-refractivity contribution in [2.75, 3.05) is 6.54 Å². The molecule has 0 bridgehead atoms. The van der Waals surface area contributed by atoms with Crippen LogP contribution in [0.3, 0.4) is 0 Å². The van der Waals surface area contributed by atoms with E-state index in [0.29, 0.717) is 18.9 Å². The molecule has 0 aliphatic heterocycles. The number of nitrogens with zero attached hydrogens (tertiary/aromatic N) is 2. The zero-order valence-corrected chi connectivity index (χ0v) is 11.9. The second-order valence-electron chi connectivity index (χ2n) is 5.46. The normalized spacial score (nSPS) is 12.8. The van der Waals surface area contributed by atoms with Crippen LogP contribution in [0.4, 0.5) is 0 Å². The Balaban J connectivity index is 1.85. The number of hydrogen-bond acceptors (Lipinski definition) is 3. The average Bonchev–Trinajstić information content (AvgIpc) is 2.77. The molecule has 2 heterocycles. The maximum Gasteiger partial charge on any atom is 0.226 e. The van der Waals surface area contributed by atoms with Crippen LogP contribution < -0.4 is 5.32 Å². The zero-order valence-electron chi connectivity index (χ0n) is 11.9. The number of imidazole rings is 1. The summed E-state index contributed by atoms with van der Waals surface area (Å²) in [4.78, 5) is 16.2. The van der Waals surface area contributed by atoms with Crippen molar-refractivity contribution in [1.82, 2.24) is 14.7 Å². The van der Waals surface area contributed by atoms with Gasteiger partial charge in [-0.2, -0.15) is 0 Å². The predicted molar refractivity (Wildman–Crippen MR) is 77.4 cm³/mol. The largest absolute Gasteiger partial charge is 0.391 e. The molecule has 1 amide bonds. The van der Waals surface area contributed by atoms with Gasteiger partial charge in [0.2, 0.25) is 5.91 Å². The highest BCUT2D eigenvalue weighted by molar-refractivity contribution is 5.78. The molecule has 0 saturated carbocycles. The topological polar surface area (TPSA) is 66.6 Å². The van der Waals surface area contributed by atoms with Gasteiger partial charge >= 0.3 is 0 Å². The lowest BCUT2D eigenvalue weighted by molar-refractivity contribution is -0.121. The van der Waals surface area contributed by atoms with Crippen molar-refractivity contribution in [2.24, 2.45) is 5.92 Å². The van der Waals surface area contributed by atoms with Gasteiger partial charge in [-0.1, -0.05) is 19.9 Å². The number of hydrogen-bond donors (Lipinski definition) is 2. The monoisotopic (exact) mass is 275 g/mol. The Labute approximate surface area is 118 Å². The van der Waals surface area contributed by atoms with E-state index in [9.17, 15) is 9.90 Å². The number of nitrogens with one attached hydrogen (secondary N) is 1. The van der Waals surface area contributed by atoms with Crippen LogP contribution in [0.1, 0.15) is 26.0 Å². The van der Waals surface area contributed by atoms with E-state index in [1.165, 1.54) is 0 Å². The van der Waals surface area contributed by atoms with Crippen LogP contribution >= 0.6 is 0 Å². The molecule has 20 heavy (non-hydrogen) atoms. The molecule has 0 radical (unpaired) electrons. The van der Waals surface area contributed by atoms with E-state index in [4.69, 9.17) is 0 Å². The van der Waals surface area contributed by atoms with E-state index in [0.717, 1.165) is 11.3 Å². The van der Waals surface area contributed by atoms with Gasteiger partial charge < -0.3 is 14.8 Å². The second kappa shape index (κ2) is 6.52. The summed E-state index contributed by atoms with van der Waals surface area (Å²) in [6, 6.07) is 5.73. The first-order valence-corrected chi connectivity index (χ1v) is 6.92. The number of rotatable bonds is 6. The fourth-order valence-electron chi connectivity index (χ4n) is 2.16. The van der Waals surface area contributed by atoms with Gasteiger partial charge in [-0.25, -0.2) is 4.98 Å². The number of fused-ring (bicyclic) bond motifs is 1. The minimum absolute atomic E-state index is 0.115. The van der Waals surface area contributed by atoms with Crippen LogP contribution in [-0.4, -0.2) is 33.0 Å². The van der Waals surface area contributed by atoms with Gasteiger partial charge in [-0.05, 0) is 24.5 Å². The summed E-state index contributed by atoms with van der Waals surface area (Å²) in [6.07, 6.45) is 4.18. The first kappa shape index (κ1) is 14.5. The third-order valence-electron chi connectivity index (χ3n) is 3.03. The highest BCUT2D eigenvalue weighted by Crippen LogP contribution is 2.06. The van der Waals surface area contributed by atoms with Crippen LogP contribution in [0, 0.1) is 5.92 Å². The summed E-state index contributed by atoms with van der Waals surface area (Å²) < 4.78 is 1.89. The summed E-state index contributed by atoms with van der Waals surface area (Å²) in [5.74, 6) is 0.302. The lowest BCUT2D eigenvalue weighted by Gasteiger charge is -2.13. The van der Waals surface area contributed by atoms with Crippen molar-refractivity contribution in [3.8, 4) is 0 Å². The maximum absolute atomic E-state index is 11.8. The van der Waals surface area contributed by atoms with Crippen molar-refractivity contribution < 1.29 is 9.90 Å². The SMILES string of the molecule is CC(C)CC(O)CNC(=O)Cc1cn2ccccc2n1. The molecule has 2 aromatic heterocycles. The Hall–Kier alpha value is -1.88. The van der Waals surface area contributed by atoms with Crippen LogP contribution in [0.2, 0.25) is 0 Å². The summed E-state index contributed by atoms with van der Waals surface area (Å²) >= 11 is 0. The molecule has 0 aromatic carbocycles. The average molecular weight is 275 g/mol. The molecule has 5 heteroatoms. The predicted octanol–water partition coefficient (Wildman–Crippen LogP) is 1.40. The first-order chi connectivity index (χ1) is 9.54. The van der Waals surface area contributed by atoms with Crippen molar-refractivity contribution >= 4 is 11.6 Å². The van der Waals surface area contributed by atoms with Gasteiger partial charge in [0.1, 0.15) is 5.65 Å². The molecule has 108 valence electrons. The molecule has 2 rings (SSSR count). The standard InChI is InChI=1S/C15H21N3O2/c1-11(2)7-13(19)9-16-15(20)8-12-10-18-6-4-3-5-14(18)17-12/h3-6,10-11,13,19H,7-9H2,1-2H3,(H,16,20). The van der Waals surface area contributed by atoms with Crippen LogP contribution in [0.25, 0.3) is 5.65 Å². The van der Waals surface area contributed by atoms with E-state index in [-0.39, 0.29) is 12.3 Å². The number of carbonyl (C=O) groups is 1. The molecule has 0 fully saturated rings. The highest BCUT2D eigenvalue weighted by Gasteiger charge is 2.11. The highest BCUT2D eigenvalue weighted by atomic mass is 16.3. The van der Waals surface area contributed by atoms with E-state index >= 15 is 0 Å². The minimum atomic E-state index is -0.486. The Kier molecular flexibility index (Phi) is 4.74. The van der Waals surface area contributed by atoms with Gasteiger partial charge in [0.15, 0.2) is 0 Å². The maximum atomic E-state index is 11.8. The molecule has 2 aromatic rings. The number of aliphatic hydroxyl groups excluding tert-OH is 1. The molecule has 1 unspecified atom stereocenters. The van der Waals surface area contributed by atoms with Crippen LogP contribution in [0.15, 0.2) is 30.6 Å². The van der Waals surface area contributed by atoms with Gasteiger partial charge in [0.05, 0.1) is 18.2 Å². The van der Waals surface area contributed by atoms with Gasteiger partial charge in [-0.15, -0.1) is 0 Å². The molecule has 0 saturated heterocycles. The van der Waals surface area contributed by atoms with Gasteiger partial charge in [0.25, 0.3) is 0 Å². The van der Waals surface area contributed by atoms with Crippen molar-refractivity contribution in [3.05, 3.63) is 36.3 Å². The van der Waals surface area contributed by atoms with E-state index in [1.54, 1.807) is 0 Å². The van der Waals surface area contributed by atoms with Crippen molar-refractivity contribution in [2.45, 2.75) is 32.8 Å². The molecule has 5 nitrogen and oxygen atoms in total. The molecule has 2 N–H and O–H groups in total. The van der Waals surface area contributed by atoms with E-state index < -0.39 is 6.10 Å². The summed E-state index contributed by atoms with van der Waals surface area (Å²) in [5.41, 5.74) is 1.56. The zero-order chi connectivity index (χ0) is 14.5.